The molecule has 0 saturated carbocycles. The van der Waals surface area contributed by atoms with Crippen LogP contribution in [0.4, 0.5) is 0 Å². The van der Waals surface area contributed by atoms with E-state index in [-0.39, 0.29) is 24.5 Å². The van der Waals surface area contributed by atoms with Crippen molar-refractivity contribution < 1.29 is 15.0 Å². The minimum Gasteiger partial charge on any atom is -0.394 e. The van der Waals surface area contributed by atoms with Gasteiger partial charge in [-0.15, -0.1) is 0 Å². The number of nitrogens with one attached hydrogen (secondary N) is 1. The van der Waals surface area contributed by atoms with Crippen LogP contribution in [0.15, 0.2) is 0 Å². The predicted octanol–water partition coefficient (Wildman–Crippen LogP) is 0.280. The van der Waals surface area contributed by atoms with Gasteiger partial charge in [-0.05, 0) is 19.3 Å². The lowest BCUT2D eigenvalue weighted by molar-refractivity contribution is -0.123. The molecular formula is C10H21NO3. The molecule has 0 aromatic carbocycles. The Labute approximate surface area is 85.3 Å². The van der Waals surface area contributed by atoms with Gasteiger partial charge in [0.05, 0.1) is 18.8 Å². The van der Waals surface area contributed by atoms with E-state index in [9.17, 15) is 4.79 Å². The van der Waals surface area contributed by atoms with E-state index in [0.29, 0.717) is 12.8 Å². The second-order valence-corrected chi connectivity index (χ2v) is 3.99. The quantitative estimate of drug-likeness (QED) is 0.581. The van der Waals surface area contributed by atoms with E-state index in [1.165, 1.54) is 0 Å². The van der Waals surface area contributed by atoms with Crippen LogP contribution in [0, 0.1) is 5.92 Å². The summed E-state index contributed by atoms with van der Waals surface area (Å²) < 4.78 is 0. The Balaban J connectivity index is 3.79. The van der Waals surface area contributed by atoms with Crippen molar-refractivity contribution >= 4 is 5.91 Å². The molecule has 0 bridgehead atoms. The highest BCUT2D eigenvalue weighted by Crippen LogP contribution is 2.02. The number of rotatable bonds is 6. The number of amides is 1. The second kappa shape index (κ2) is 6.79. The summed E-state index contributed by atoms with van der Waals surface area (Å²) in [6, 6.07) is -0.184. The van der Waals surface area contributed by atoms with Crippen LogP contribution in [0.3, 0.4) is 0 Å². The maximum absolute atomic E-state index is 11.3. The highest BCUT2D eigenvalue weighted by molar-refractivity contribution is 5.76. The molecule has 2 unspecified atom stereocenters. The standard InChI is InChI=1S/C10H21NO3/c1-7(2)9(6-12)11-10(14)5-4-8(3)13/h7-9,12-13H,4-6H2,1-3H3,(H,11,14). The maximum atomic E-state index is 11.3. The van der Waals surface area contributed by atoms with Crippen LogP contribution in [0.25, 0.3) is 0 Å². The van der Waals surface area contributed by atoms with Gasteiger partial charge in [0.2, 0.25) is 5.91 Å². The molecule has 0 aliphatic carbocycles. The highest BCUT2D eigenvalue weighted by Gasteiger charge is 2.14. The van der Waals surface area contributed by atoms with Gasteiger partial charge < -0.3 is 15.5 Å². The first-order valence-electron chi connectivity index (χ1n) is 5.05. The zero-order valence-electron chi connectivity index (χ0n) is 9.16. The fraction of sp³-hybridized carbons (Fsp3) is 0.900. The minimum atomic E-state index is -0.452. The van der Waals surface area contributed by atoms with Crippen LogP contribution in [-0.2, 0) is 4.79 Å². The van der Waals surface area contributed by atoms with Crippen LogP contribution >= 0.6 is 0 Å². The first-order chi connectivity index (χ1) is 6.47. The summed E-state index contributed by atoms with van der Waals surface area (Å²) in [5.74, 6) is 0.106. The van der Waals surface area contributed by atoms with Gasteiger partial charge in [-0.2, -0.15) is 0 Å². The first kappa shape index (κ1) is 13.4. The number of aliphatic hydroxyl groups excluding tert-OH is 2. The van der Waals surface area contributed by atoms with E-state index in [1.54, 1.807) is 6.92 Å². The van der Waals surface area contributed by atoms with Gasteiger partial charge in [-0.1, -0.05) is 13.8 Å². The van der Waals surface area contributed by atoms with E-state index in [0.717, 1.165) is 0 Å². The van der Waals surface area contributed by atoms with Gasteiger partial charge in [-0.3, -0.25) is 4.79 Å². The van der Waals surface area contributed by atoms with Gasteiger partial charge in [0.15, 0.2) is 0 Å². The lowest BCUT2D eigenvalue weighted by Crippen LogP contribution is -2.41. The molecule has 0 heterocycles. The lowest BCUT2D eigenvalue weighted by atomic mass is 10.1. The van der Waals surface area contributed by atoms with E-state index in [2.05, 4.69) is 5.32 Å². The van der Waals surface area contributed by atoms with Crippen LogP contribution in [0.2, 0.25) is 0 Å². The topological polar surface area (TPSA) is 69.6 Å². The minimum absolute atomic E-state index is 0.0436. The molecule has 84 valence electrons. The molecule has 0 radical (unpaired) electrons. The summed E-state index contributed by atoms with van der Waals surface area (Å²) in [4.78, 5) is 11.3. The summed E-state index contributed by atoms with van der Waals surface area (Å²) in [7, 11) is 0. The highest BCUT2D eigenvalue weighted by atomic mass is 16.3. The molecule has 0 aromatic heterocycles. The van der Waals surface area contributed by atoms with Crippen LogP contribution in [-0.4, -0.2) is 34.9 Å². The molecule has 14 heavy (non-hydrogen) atoms. The Kier molecular flexibility index (Phi) is 6.49. The molecule has 4 nitrogen and oxygen atoms in total. The van der Waals surface area contributed by atoms with Crippen molar-refractivity contribution in [3.63, 3.8) is 0 Å². The van der Waals surface area contributed by atoms with Gasteiger partial charge in [0.1, 0.15) is 0 Å². The van der Waals surface area contributed by atoms with E-state index in [1.807, 2.05) is 13.8 Å². The monoisotopic (exact) mass is 203 g/mol. The third-order valence-electron chi connectivity index (χ3n) is 2.14. The zero-order chi connectivity index (χ0) is 11.1. The Morgan fingerprint density at radius 1 is 1.36 bits per heavy atom. The predicted molar refractivity (Wildman–Crippen MR) is 54.8 cm³/mol. The number of hydrogen-bond donors (Lipinski definition) is 3. The largest absolute Gasteiger partial charge is 0.394 e. The molecule has 4 heteroatoms. The molecule has 0 aromatic rings. The third kappa shape index (κ3) is 5.94. The van der Waals surface area contributed by atoms with Crippen LogP contribution in [0.5, 0.6) is 0 Å². The Bertz CT molecular complexity index is 169. The number of carbonyl (C=O) groups is 1. The lowest BCUT2D eigenvalue weighted by Gasteiger charge is -2.19. The number of aliphatic hydroxyl groups is 2. The molecule has 2 atom stereocenters. The molecule has 3 N–H and O–H groups in total. The normalized spacial score (nSPS) is 15.3. The SMILES string of the molecule is CC(O)CCC(=O)NC(CO)C(C)C. The fourth-order valence-electron chi connectivity index (χ4n) is 1.04. The average Bonchev–Trinajstić information content (AvgIpc) is 2.10. The molecule has 0 fully saturated rings. The molecule has 0 aliphatic heterocycles. The van der Waals surface area contributed by atoms with Crippen LogP contribution in [0.1, 0.15) is 33.6 Å². The zero-order valence-corrected chi connectivity index (χ0v) is 9.16. The van der Waals surface area contributed by atoms with Gasteiger partial charge >= 0.3 is 0 Å². The van der Waals surface area contributed by atoms with Crippen molar-refractivity contribution in [2.45, 2.75) is 45.8 Å². The second-order valence-electron chi connectivity index (χ2n) is 3.99. The van der Waals surface area contributed by atoms with Gasteiger partial charge in [-0.25, -0.2) is 0 Å². The van der Waals surface area contributed by atoms with E-state index in [4.69, 9.17) is 10.2 Å². The molecule has 0 spiro atoms. The maximum Gasteiger partial charge on any atom is 0.220 e. The average molecular weight is 203 g/mol. The summed E-state index contributed by atoms with van der Waals surface area (Å²) in [5.41, 5.74) is 0. The van der Waals surface area contributed by atoms with Crippen molar-refractivity contribution in [2.24, 2.45) is 5.92 Å². The smallest absolute Gasteiger partial charge is 0.220 e. The number of hydrogen-bond acceptors (Lipinski definition) is 3. The molecule has 1 amide bonds. The van der Waals surface area contributed by atoms with E-state index < -0.39 is 6.10 Å². The van der Waals surface area contributed by atoms with Crippen molar-refractivity contribution in [2.75, 3.05) is 6.61 Å². The first-order valence-corrected chi connectivity index (χ1v) is 5.05. The van der Waals surface area contributed by atoms with Gasteiger partial charge in [0.25, 0.3) is 0 Å². The molecule has 0 rings (SSSR count). The van der Waals surface area contributed by atoms with Crippen molar-refractivity contribution in [3.8, 4) is 0 Å². The Hall–Kier alpha value is -0.610. The third-order valence-corrected chi connectivity index (χ3v) is 2.14. The van der Waals surface area contributed by atoms with Crippen molar-refractivity contribution in [1.82, 2.24) is 5.32 Å². The summed E-state index contributed by atoms with van der Waals surface area (Å²) in [6.07, 6.45) is 0.315. The molecular weight excluding hydrogens is 182 g/mol. The van der Waals surface area contributed by atoms with Gasteiger partial charge in [0, 0.05) is 6.42 Å². The Morgan fingerprint density at radius 2 is 1.93 bits per heavy atom. The Morgan fingerprint density at radius 3 is 2.29 bits per heavy atom. The molecule has 0 saturated heterocycles. The van der Waals surface area contributed by atoms with Crippen LogP contribution < -0.4 is 5.32 Å². The summed E-state index contributed by atoms with van der Waals surface area (Å²) in [5, 5.41) is 20.7. The summed E-state index contributed by atoms with van der Waals surface area (Å²) in [6.45, 7) is 5.49. The molecule has 0 aliphatic rings. The van der Waals surface area contributed by atoms with Crippen molar-refractivity contribution in [1.29, 1.82) is 0 Å². The summed E-state index contributed by atoms with van der Waals surface area (Å²) >= 11 is 0. The van der Waals surface area contributed by atoms with E-state index >= 15 is 0 Å². The van der Waals surface area contributed by atoms with Crippen molar-refractivity contribution in [3.05, 3.63) is 0 Å². The number of carbonyl (C=O) groups excluding carboxylic acids is 1. The fourth-order valence-corrected chi connectivity index (χ4v) is 1.04.